The van der Waals surface area contributed by atoms with Crippen LogP contribution in [0.5, 0.6) is 0 Å². The van der Waals surface area contributed by atoms with Crippen molar-refractivity contribution in [1.82, 2.24) is 10.9 Å². The van der Waals surface area contributed by atoms with E-state index in [2.05, 4.69) is 10.9 Å². The number of rotatable bonds is 5. The van der Waals surface area contributed by atoms with Crippen molar-refractivity contribution in [2.24, 2.45) is 23.2 Å². The van der Waals surface area contributed by atoms with Crippen LogP contribution < -0.4 is 10.9 Å². The van der Waals surface area contributed by atoms with Crippen LogP contribution in [-0.2, 0) is 9.59 Å². The van der Waals surface area contributed by atoms with Gasteiger partial charge < -0.3 is 0 Å². The maximum Gasteiger partial charge on any atom is 0.251 e. The Balaban J connectivity index is 1.25. The molecule has 0 unspecified atom stereocenters. The molecule has 4 bridgehead atoms. The first-order chi connectivity index (χ1) is 12.9. The van der Waals surface area contributed by atoms with Gasteiger partial charge in [-0.1, -0.05) is 17.7 Å². The van der Waals surface area contributed by atoms with Crippen LogP contribution in [0, 0.1) is 30.1 Å². The maximum atomic E-state index is 12.5. The average molecular weight is 387 g/mol. The molecule has 5 rings (SSSR count). The molecule has 4 aliphatic carbocycles. The van der Waals surface area contributed by atoms with Gasteiger partial charge in [-0.25, -0.2) is 0 Å². The van der Waals surface area contributed by atoms with Crippen molar-refractivity contribution in [2.45, 2.75) is 68.9 Å². The number of hydrogen-bond acceptors (Lipinski definition) is 3. The summed E-state index contributed by atoms with van der Waals surface area (Å²) in [7, 11) is 0. The first-order valence-corrected chi connectivity index (χ1v) is 11.1. The Kier molecular flexibility index (Phi) is 5.23. The summed E-state index contributed by atoms with van der Waals surface area (Å²) < 4.78 is 0. The lowest BCUT2D eigenvalue weighted by Crippen LogP contribution is -2.50. The van der Waals surface area contributed by atoms with Gasteiger partial charge in [0.05, 0.1) is 5.25 Å². The molecular formula is C22H30N2O2S. The van der Waals surface area contributed by atoms with E-state index in [0.717, 1.165) is 22.6 Å². The number of nitrogens with one attached hydrogen (secondary N) is 2. The third-order valence-corrected chi connectivity index (χ3v) is 7.84. The van der Waals surface area contributed by atoms with Crippen LogP contribution >= 0.6 is 11.8 Å². The first kappa shape index (κ1) is 18.9. The largest absolute Gasteiger partial charge is 0.273 e. The molecule has 1 aromatic carbocycles. The maximum absolute atomic E-state index is 12.5. The summed E-state index contributed by atoms with van der Waals surface area (Å²) in [6.07, 6.45) is 8.33. The monoisotopic (exact) mass is 386 g/mol. The number of hydrazine groups is 1. The van der Waals surface area contributed by atoms with Crippen molar-refractivity contribution >= 4 is 23.6 Å². The van der Waals surface area contributed by atoms with E-state index in [1.54, 1.807) is 0 Å². The van der Waals surface area contributed by atoms with Gasteiger partial charge in [-0.15, -0.1) is 11.8 Å². The fraction of sp³-hybridized carbons (Fsp3) is 0.636. The molecule has 0 saturated heterocycles. The van der Waals surface area contributed by atoms with E-state index in [0.29, 0.717) is 6.42 Å². The summed E-state index contributed by atoms with van der Waals surface area (Å²) in [5.41, 5.74) is 6.72. The molecular weight excluding hydrogens is 356 g/mol. The number of carbonyl (C=O) groups is 2. The first-order valence-electron chi connectivity index (χ1n) is 10.2. The van der Waals surface area contributed by atoms with Gasteiger partial charge in [-0.05, 0) is 87.7 Å². The lowest BCUT2D eigenvalue weighted by atomic mass is 9.49. The van der Waals surface area contributed by atoms with Gasteiger partial charge in [0.15, 0.2) is 0 Å². The zero-order valence-corrected chi connectivity index (χ0v) is 17.1. The summed E-state index contributed by atoms with van der Waals surface area (Å²) >= 11 is 1.50. The molecule has 2 N–H and O–H groups in total. The standard InChI is InChI=1S/C22H30N2O2S/c1-14-3-5-19(6-4-14)27-15(2)21(26)24-23-20(25)13-22-10-16-7-17(11-22)9-18(8-16)12-22/h3-6,15-18H,7-13H2,1-2H3,(H,23,25)(H,24,26)/t15-,16?,17?,18?,22?/m1/s1. The van der Waals surface area contributed by atoms with Crippen LogP contribution in [0.3, 0.4) is 0 Å². The highest BCUT2D eigenvalue weighted by molar-refractivity contribution is 8.00. The lowest BCUT2D eigenvalue weighted by Gasteiger charge is -2.56. The molecule has 2 amide bonds. The number of hydrogen-bond donors (Lipinski definition) is 2. The van der Waals surface area contributed by atoms with Gasteiger partial charge in [-0.3, -0.25) is 20.4 Å². The Morgan fingerprint density at radius 1 is 1.04 bits per heavy atom. The lowest BCUT2D eigenvalue weighted by molar-refractivity contribution is -0.134. The summed E-state index contributed by atoms with van der Waals surface area (Å²) in [6, 6.07) is 8.13. The quantitative estimate of drug-likeness (QED) is 0.588. The van der Waals surface area contributed by atoms with E-state index in [1.807, 2.05) is 38.1 Å². The van der Waals surface area contributed by atoms with Gasteiger partial charge in [0.25, 0.3) is 5.91 Å². The number of thioether (sulfide) groups is 1. The highest BCUT2D eigenvalue weighted by Gasteiger charge is 2.51. The predicted molar refractivity (Wildman–Crippen MR) is 108 cm³/mol. The molecule has 0 spiro atoms. The Morgan fingerprint density at radius 3 is 2.15 bits per heavy atom. The van der Waals surface area contributed by atoms with Gasteiger partial charge in [0.2, 0.25) is 5.91 Å². The predicted octanol–water partition coefficient (Wildman–Crippen LogP) is 4.23. The number of aryl methyl sites for hydroxylation is 1. The van der Waals surface area contributed by atoms with Crippen molar-refractivity contribution in [2.75, 3.05) is 0 Å². The molecule has 5 heteroatoms. The van der Waals surface area contributed by atoms with E-state index in [-0.39, 0.29) is 22.5 Å². The second kappa shape index (κ2) is 7.50. The summed E-state index contributed by atoms with van der Waals surface area (Å²) in [5.74, 6) is 2.33. The fourth-order valence-corrected chi connectivity index (χ4v) is 6.87. The van der Waals surface area contributed by atoms with Crippen LogP contribution in [-0.4, -0.2) is 17.1 Å². The van der Waals surface area contributed by atoms with Crippen LogP contribution in [0.2, 0.25) is 0 Å². The molecule has 4 saturated carbocycles. The zero-order chi connectivity index (χ0) is 19.0. The van der Waals surface area contributed by atoms with Crippen LogP contribution in [0.15, 0.2) is 29.2 Å². The van der Waals surface area contributed by atoms with Gasteiger partial charge in [-0.2, -0.15) is 0 Å². The van der Waals surface area contributed by atoms with Crippen molar-refractivity contribution < 1.29 is 9.59 Å². The van der Waals surface area contributed by atoms with E-state index >= 15 is 0 Å². The SMILES string of the molecule is Cc1ccc(S[C@H](C)C(=O)NNC(=O)CC23CC4CC(CC(C4)C2)C3)cc1. The topological polar surface area (TPSA) is 58.2 Å². The molecule has 0 aromatic heterocycles. The third-order valence-electron chi connectivity index (χ3n) is 6.73. The number of carbonyl (C=O) groups excluding carboxylic acids is 2. The highest BCUT2D eigenvalue weighted by Crippen LogP contribution is 2.61. The molecule has 1 atom stereocenters. The van der Waals surface area contributed by atoms with Crippen molar-refractivity contribution in [3.63, 3.8) is 0 Å². The fourth-order valence-electron chi connectivity index (χ4n) is 6.00. The minimum absolute atomic E-state index is 0.0298. The third kappa shape index (κ3) is 4.34. The van der Waals surface area contributed by atoms with Crippen LogP contribution in [0.1, 0.15) is 57.4 Å². The smallest absolute Gasteiger partial charge is 0.251 e. The Morgan fingerprint density at radius 2 is 1.59 bits per heavy atom. The molecule has 27 heavy (non-hydrogen) atoms. The minimum Gasteiger partial charge on any atom is -0.273 e. The van der Waals surface area contributed by atoms with E-state index in [1.165, 1.54) is 55.9 Å². The molecule has 1 aromatic rings. The average Bonchev–Trinajstić information content (AvgIpc) is 2.60. The Bertz CT molecular complexity index is 680. The molecule has 4 nitrogen and oxygen atoms in total. The van der Waals surface area contributed by atoms with Crippen molar-refractivity contribution in [1.29, 1.82) is 0 Å². The minimum atomic E-state index is -0.257. The normalized spacial score (nSPS) is 32.1. The molecule has 4 aliphatic rings. The second-order valence-corrected chi connectivity index (χ2v) is 10.6. The van der Waals surface area contributed by atoms with Gasteiger partial charge in [0.1, 0.15) is 0 Å². The molecule has 146 valence electrons. The van der Waals surface area contributed by atoms with Crippen LogP contribution in [0.25, 0.3) is 0 Å². The van der Waals surface area contributed by atoms with Gasteiger partial charge in [0, 0.05) is 11.3 Å². The second-order valence-electron chi connectivity index (χ2n) is 9.20. The highest BCUT2D eigenvalue weighted by atomic mass is 32.2. The van der Waals surface area contributed by atoms with Crippen molar-refractivity contribution in [3.8, 4) is 0 Å². The van der Waals surface area contributed by atoms with Gasteiger partial charge >= 0.3 is 0 Å². The van der Waals surface area contributed by atoms with Crippen molar-refractivity contribution in [3.05, 3.63) is 29.8 Å². The summed E-state index contributed by atoms with van der Waals surface area (Å²) in [6.45, 7) is 3.91. The van der Waals surface area contributed by atoms with E-state index in [4.69, 9.17) is 0 Å². The van der Waals surface area contributed by atoms with E-state index < -0.39 is 0 Å². The summed E-state index contributed by atoms with van der Waals surface area (Å²) in [4.78, 5) is 25.9. The molecule has 0 heterocycles. The van der Waals surface area contributed by atoms with Crippen LogP contribution in [0.4, 0.5) is 0 Å². The number of benzene rings is 1. The van der Waals surface area contributed by atoms with E-state index in [9.17, 15) is 9.59 Å². The Hall–Kier alpha value is -1.49. The summed E-state index contributed by atoms with van der Waals surface area (Å²) in [5, 5.41) is -0.257. The Labute approximate surface area is 166 Å². The molecule has 0 radical (unpaired) electrons. The molecule has 0 aliphatic heterocycles. The zero-order valence-electron chi connectivity index (χ0n) is 16.3. The molecule has 4 fully saturated rings. The number of amides is 2.